The van der Waals surface area contributed by atoms with Crippen molar-refractivity contribution in [3.05, 3.63) is 23.3 Å². The summed E-state index contributed by atoms with van der Waals surface area (Å²) in [6, 6.07) is 3.80. The van der Waals surface area contributed by atoms with Crippen LogP contribution in [-0.2, 0) is 6.42 Å². The number of hydrogen-bond acceptors (Lipinski definition) is 3. The Kier molecular flexibility index (Phi) is 7.00. The summed E-state index contributed by atoms with van der Waals surface area (Å²) in [5.74, 6) is 0.840. The van der Waals surface area contributed by atoms with Crippen molar-refractivity contribution in [2.45, 2.75) is 20.3 Å². The Morgan fingerprint density at radius 2 is 2.00 bits per heavy atom. The monoisotopic (exact) mass is 259 g/mol. The van der Waals surface area contributed by atoms with Gasteiger partial charge in [-0.3, -0.25) is 0 Å². The number of aromatic hydroxyl groups is 1. The Morgan fingerprint density at radius 3 is 2.53 bits per heavy atom. The lowest BCUT2D eigenvalue weighted by Gasteiger charge is -2.16. The van der Waals surface area contributed by atoms with Gasteiger partial charge < -0.3 is 14.7 Å². The van der Waals surface area contributed by atoms with Gasteiger partial charge in [-0.1, -0.05) is 13.0 Å². The molecule has 1 aromatic carbocycles. The molecule has 0 unspecified atom stereocenters. The normalized spacial score (nSPS) is 10.2. The zero-order valence-electron chi connectivity index (χ0n) is 11.0. The molecule has 0 aliphatic heterocycles. The minimum atomic E-state index is 0. The number of ether oxygens (including phenoxy) is 1. The summed E-state index contributed by atoms with van der Waals surface area (Å²) in [4.78, 5) is 2.23. The number of phenolic OH excluding ortho intramolecular Hbond substituents is 1. The van der Waals surface area contributed by atoms with Gasteiger partial charge in [0.05, 0.1) is 7.11 Å². The number of aryl methyl sites for hydroxylation is 1. The van der Waals surface area contributed by atoms with Crippen LogP contribution >= 0.6 is 12.4 Å². The molecule has 0 spiro atoms. The molecule has 3 nitrogen and oxygen atoms in total. The summed E-state index contributed by atoms with van der Waals surface area (Å²) in [5, 5.41) is 9.76. The third kappa shape index (κ3) is 4.44. The van der Waals surface area contributed by atoms with Gasteiger partial charge in [0, 0.05) is 6.54 Å². The number of likely N-dealkylation sites (N-methyl/N-ethyl adjacent to an activating group) is 1. The first-order valence-electron chi connectivity index (χ1n) is 5.63. The fraction of sp³-hybridized carbons (Fsp3) is 0.538. The summed E-state index contributed by atoms with van der Waals surface area (Å²) < 4.78 is 5.23. The average molecular weight is 260 g/mol. The van der Waals surface area contributed by atoms with E-state index in [0.717, 1.165) is 30.6 Å². The molecule has 1 aromatic rings. The molecule has 98 valence electrons. The SMILES string of the molecule is CCN(C)CCc1cc(C)cc(O)c1OC.Cl. The maximum absolute atomic E-state index is 9.76. The second-order valence-electron chi connectivity index (χ2n) is 4.12. The van der Waals surface area contributed by atoms with E-state index in [2.05, 4.69) is 24.9 Å². The number of nitrogens with zero attached hydrogens (tertiary/aromatic N) is 1. The molecule has 0 aliphatic rings. The molecule has 0 fully saturated rings. The first-order valence-corrected chi connectivity index (χ1v) is 5.63. The van der Waals surface area contributed by atoms with Gasteiger partial charge in [0.15, 0.2) is 11.5 Å². The minimum absolute atomic E-state index is 0. The molecule has 0 radical (unpaired) electrons. The van der Waals surface area contributed by atoms with Crippen LogP contribution in [0.2, 0.25) is 0 Å². The molecule has 4 heteroatoms. The van der Waals surface area contributed by atoms with Crippen molar-refractivity contribution < 1.29 is 9.84 Å². The quantitative estimate of drug-likeness (QED) is 0.882. The Hall–Kier alpha value is -0.930. The molecular formula is C13H22ClNO2. The number of phenols is 1. The lowest BCUT2D eigenvalue weighted by Crippen LogP contribution is -2.20. The van der Waals surface area contributed by atoms with Crippen LogP contribution in [0.15, 0.2) is 12.1 Å². The summed E-state index contributed by atoms with van der Waals surface area (Å²) in [6.07, 6.45) is 0.892. The van der Waals surface area contributed by atoms with E-state index in [1.807, 2.05) is 6.92 Å². The topological polar surface area (TPSA) is 32.7 Å². The summed E-state index contributed by atoms with van der Waals surface area (Å²) in [7, 11) is 3.68. The second kappa shape index (κ2) is 7.41. The number of halogens is 1. The molecule has 0 aliphatic carbocycles. The Balaban J connectivity index is 0.00000256. The summed E-state index contributed by atoms with van der Waals surface area (Å²) >= 11 is 0. The van der Waals surface area contributed by atoms with Crippen LogP contribution in [0.4, 0.5) is 0 Å². The summed E-state index contributed by atoms with van der Waals surface area (Å²) in [6.45, 7) is 6.10. The predicted molar refractivity (Wildman–Crippen MR) is 73.5 cm³/mol. The van der Waals surface area contributed by atoms with Gasteiger partial charge in [-0.05, 0) is 44.1 Å². The molecule has 1 rings (SSSR count). The van der Waals surface area contributed by atoms with Crippen LogP contribution in [0.1, 0.15) is 18.1 Å². The number of benzene rings is 1. The molecule has 0 atom stereocenters. The average Bonchev–Trinajstić information content (AvgIpc) is 2.25. The molecule has 0 saturated carbocycles. The van der Waals surface area contributed by atoms with Crippen molar-refractivity contribution in [3.8, 4) is 11.5 Å². The van der Waals surface area contributed by atoms with Crippen LogP contribution in [0.3, 0.4) is 0 Å². The highest BCUT2D eigenvalue weighted by atomic mass is 35.5. The van der Waals surface area contributed by atoms with E-state index in [1.165, 1.54) is 0 Å². The van der Waals surface area contributed by atoms with E-state index < -0.39 is 0 Å². The maximum Gasteiger partial charge on any atom is 0.163 e. The molecule has 0 saturated heterocycles. The fourth-order valence-electron chi connectivity index (χ4n) is 1.72. The van der Waals surface area contributed by atoms with Gasteiger partial charge >= 0.3 is 0 Å². The van der Waals surface area contributed by atoms with Crippen molar-refractivity contribution >= 4 is 12.4 Å². The van der Waals surface area contributed by atoms with Crippen LogP contribution < -0.4 is 4.74 Å². The third-order valence-corrected chi connectivity index (χ3v) is 2.80. The highest BCUT2D eigenvalue weighted by Crippen LogP contribution is 2.31. The van der Waals surface area contributed by atoms with E-state index in [-0.39, 0.29) is 18.2 Å². The lowest BCUT2D eigenvalue weighted by molar-refractivity contribution is 0.345. The molecular weight excluding hydrogens is 238 g/mol. The van der Waals surface area contributed by atoms with E-state index in [1.54, 1.807) is 13.2 Å². The summed E-state index contributed by atoms with van der Waals surface area (Å²) in [5.41, 5.74) is 2.13. The maximum atomic E-state index is 9.76. The van der Waals surface area contributed by atoms with Gasteiger partial charge in [0.25, 0.3) is 0 Å². The van der Waals surface area contributed by atoms with Gasteiger partial charge in [-0.25, -0.2) is 0 Å². The predicted octanol–water partition coefficient (Wildman–Crippen LogP) is 2.63. The molecule has 0 bridgehead atoms. The molecule has 17 heavy (non-hydrogen) atoms. The Morgan fingerprint density at radius 1 is 1.35 bits per heavy atom. The van der Waals surface area contributed by atoms with Crippen LogP contribution in [0, 0.1) is 6.92 Å². The minimum Gasteiger partial charge on any atom is -0.504 e. The van der Waals surface area contributed by atoms with E-state index in [9.17, 15) is 5.11 Å². The van der Waals surface area contributed by atoms with Gasteiger partial charge in [-0.15, -0.1) is 12.4 Å². The molecule has 0 heterocycles. The second-order valence-corrected chi connectivity index (χ2v) is 4.12. The van der Waals surface area contributed by atoms with Crippen LogP contribution in [0.25, 0.3) is 0 Å². The van der Waals surface area contributed by atoms with E-state index in [0.29, 0.717) is 5.75 Å². The number of rotatable bonds is 5. The number of methoxy groups -OCH3 is 1. The lowest BCUT2D eigenvalue weighted by atomic mass is 10.1. The van der Waals surface area contributed by atoms with Crippen molar-refractivity contribution in [1.29, 1.82) is 0 Å². The van der Waals surface area contributed by atoms with E-state index >= 15 is 0 Å². The Bertz CT molecular complexity index is 356. The van der Waals surface area contributed by atoms with Crippen molar-refractivity contribution in [1.82, 2.24) is 4.90 Å². The standard InChI is InChI=1S/C13H21NO2.ClH/c1-5-14(3)7-6-11-8-10(2)9-12(15)13(11)16-4;/h8-9,15H,5-7H2,1-4H3;1H. The van der Waals surface area contributed by atoms with Crippen molar-refractivity contribution in [2.75, 3.05) is 27.2 Å². The van der Waals surface area contributed by atoms with Crippen molar-refractivity contribution in [3.63, 3.8) is 0 Å². The van der Waals surface area contributed by atoms with Crippen LogP contribution in [-0.4, -0.2) is 37.3 Å². The highest BCUT2D eigenvalue weighted by Gasteiger charge is 2.10. The smallest absolute Gasteiger partial charge is 0.163 e. The van der Waals surface area contributed by atoms with E-state index in [4.69, 9.17) is 4.74 Å². The first-order chi connectivity index (χ1) is 7.58. The molecule has 0 aromatic heterocycles. The zero-order valence-corrected chi connectivity index (χ0v) is 11.8. The zero-order chi connectivity index (χ0) is 12.1. The highest BCUT2D eigenvalue weighted by molar-refractivity contribution is 5.85. The molecule has 0 amide bonds. The third-order valence-electron chi connectivity index (χ3n) is 2.80. The van der Waals surface area contributed by atoms with Gasteiger partial charge in [0.1, 0.15) is 0 Å². The molecule has 1 N–H and O–H groups in total. The Labute approximate surface area is 110 Å². The van der Waals surface area contributed by atoms with Crippen LogP contribution in [0.5, 0.6) is 11.5 Å². The van der Waals surface area contributed by atoms with Crippen molar-refractivity contribution in [2.24, 2.45) is 0 Å². The fourth-order valence-corrected chi connectivity index (χ4v) is 1.72. The first kappa shape index (κ1) is 16.1. The largest absolute Gasteiger partial charge is 0.504 e. The number of hydrogen-bond donors (Lipinski definition) is 1. The van der Waals surface area contributed by atoms with Gasteiger partial charge in [-0.2, -0.15) is 0 Å². The van der Waals surface area contributed by atoms with Gasteiger partial charge in [0.2, 0.25) is 0 Å².